The number of hydrogen-bond donors (Lipinski definition) is 1. The Labute approximate surface area is 122 Å². The third-order valence-electron chi connectivity index (χ3n) is 3.35. The Morgan fingerprint density at radius 2 is 1.85 bits per heavy atom. The topological polar surface area (TPSA) is 29.1 Å². The van der Waals surface area contributed by atoms with Gasteiger partial charge in [0.15, 0.2) is 0 Å². The number of benzene rings is 2. The van der Waals surface area contributed by atoms with Gasteiger partial charge in [0.25, 0.3) is 5.91 Å². The molecule has 3 heteroatoms. The van der Waals surface area contributed by atoms with Gasteiger partial charge in [0, 0.05) is 10.4 Å². The second-order valence-corrected chi connectivity index (χ2v) is 5.72. The lowest BCUT2D eigenvalue weighted by atomic mass is 10.0. The van der Waals surface area contributed by atoms with Gasteiger partial charge in [-0.25, -0.2) is 0 Å². The molecular weight excluding hydrogens is 266 g/mol. The number of nitrogens with one attached hydrogen (secondary N) is 1. The van der Waals surface area contributed by atoms with Crippen molar-refractivity contribution in [2.45, 2.75) is 13.0 Å². The maximum atomic E-state index is 12.5. The van der Waals surface area contributed by atoms with Crippen LogP contribution in [0.2, 0.25) is 0 Å². The fourth-order valence-corrected chi connectivity index (χ4v) is 3.04. The fourth-order valence-electron chi connectivity index (χ4n) is 2.31. The molecule has 20 heavy (non-hydrogen) atoms. The SMILES string of the molecule is CC(NC(=O)c1cccc2ccccc12)c1cccs1. The second kappa shape index (κ2) is 5.47. The first-order valence-corrected chi connectivity index (χ1v) is 7.46. The molecule has 1 aromatic heterocycles. The molecule has 0 fully saturated rings. The number of fused-ring (bicyclic) bond motifs is 1. The van der Waals surface area contributed by atoms with E-state index in [9.17, 15) is 4.79 Å². The number of carbonyl (C=O) groups is 1. The first-order chi connectivity index (χ1) is 9.75. The maximum Gasteiger partial charge on any atom is 0.252 e. The molecule has 0 radical (unpaired) electrons. The van der Waals surface area contributed by atoms with E-state index >= 15 is 0 Å². The lowest BCUT2D eigenvalue weighted by Crippen LogP contribution is -2.26. The molecule has 0 saturated carbocycles. The van der Waals surface area contributed by atoms with Gasteiger partial charge in [-0.15, -0.1) is 11.3 Å². The molecule has 0 spiro atoms. The molecule has 2 aromatic carbocycles. The average molecular weight is 281 g/mol. The van der Waals surface area contributed by atoms with Crippen molar-refractivity contribution in [3.05, 3.63) is 70.4 Å². The summed E-state index contributed by atoms with van der Waals surface area (Å²) < 4.78 is 0. The molecule has 1 unspecified atom stereocenters. The summed E-state index contributed by atoms with van der Waals surface area (Å²) in [5, 5.41) is 7.16. The largest absolute Gasteiger partial charge is 0.345 e. The number of carbonyl (C=O) groups excluding carboxylic acids is 1. The summed E-state index contributed by atoms with van der Waals surface area (Å²) in [5.41, 5.74) is 0.728. The molecule has 0 aliphatic carbocycles. The Morgan fingerprint density at radius 1 is 1.05 bits per heavy atom. The van der Waals surface area contributed by atoms with Gasteiger partial charge in [-0.2, -0.15) is 0 Å². The zero-order valence-electron chi connectivity index (χ0n) is 11.2. The minimum absolute atomic E-state index is 0.0253. The van der Waals surface area contributed by atoms with E-state index in [0.717, 1.165) is 16.3 Å². The zero-order chi connectivity index (χ0) is 13.9. The number of hydrogen-bond acceptors (Lipinski definition) is 2. The molecule has 1 heterocycles. The molecule has 0 aliphatic heterocycles. The first-order valence-electron chi connectivity index (χ1n) is 6.58. The van der Waals surface area contributed by atoms with Crippen molar-refractivity contribution < 1.29 is 4.79 Å². The predicted octanol–water partition coefficient (Wildman–Crippen LogP) is 4.39. The van der Waals surface area contributed by atoms with Crippen LogP contribution in [0, 0.1) is 0 Å². The van der Waals surface area contributed by atoms with E-state index in [1.54, 1.807) is 11.3 Å². The van der Waals surface area contributed by atoms with E-state index in [0.29, 0.717) is 0 Å². The summed E-state index contributed by atoms with van der Waals surface area (Å²) in [4.78, 5) is 13.6. The fraction of sp³-hybridized carbons (Fsp3) is 0.118. The Kier molecular flexibility index (Phi) is 3.52. The van der Waals surface area contributed by atoms with Crippen LogP contribution in [0.1, 0.15) is 28.2 Å². The summed E-state index contributed by atoms with van der Waals surface area (Å²) in [6.45, 7) is 2.01. The van der Waals surface area contributed by atoms with Crippen LogP contribution in [0.3, 0.4) is 0 Å². The molecule has 3 rings (SSSR count). The highest BCUT2D eigenvalue weighted by Crippen LogP contribution is 2.21. The first kappa shape index (κ1) is 12.9. The van der Waals surface area contributed by atoms with Gasteiger partial charge in [-0.3, -0.25) is 4.79 Å². The average Bonchev–Trinajstić information content (AvgIpc) is 3.01. The van der Waals surface area contributed by atoms with E-state index in [2.05, 4.69) is 5.32 Å². The number of amides is 1. The third kappa shape index (κ3) is 2.45. The smallest absolute Gasteiger partial charge is 0.252 e. The zero-order valence-corrected chi connectivity index (χ0v) is 12.0. The lowest BCUT2D eigenvalue weighted by Gasteiger charge is -2.13. The third-order valence-corrected chi connectivity index (χ3v) is 4.41. The van der Waals surface area contributed by atoms with Crippen LogP contribution >= 0.6 is 11.3 Å². The lowest BCUT2D eigenvalue weighted by molar-refractivity contribution is 0.0942. The molecule has 1 amide bonds. The van der Waals surface area contributed by atoms with Gasteiger partial charge in [0.05, 0.1) is 6.04 Å². The van der Waals surface area contributed by atoms with Gasteiger partial charge < -0.3 is 5.32 Å². The van der Waals surface area contributed by atoms with Gasteiger partial charge >= 0.3 is 0 Å². The molecule has 2 nitrogen and oxygen atoms in total. The number of thiophene rings is 1. The Hall–Kier alpha value is -2.13. The van der Waals surface area contributed by atoms with Gasteiger partial charge in [0.2, 0.25) is 0 Å². The molecule has 100 valence electrons. The number of rotatable bonds is 3. The van der Waals surface area contributed by atoms with Crippen molar-refractivity contribution in [3.63, 3.8) is 0 Å². The highest BCUT2D eigenvalue weighted by Gasteiger charge is 2.14. The molecule has 0 bridgehead atoms. The van der Waals surface area contributed by atoms with E-state index in [1.807, 2.05) is 66.9 Å². The summed E-state index contributed by atoms with van der Waals surface area (Å²) in [6, 6.07) is 17.8. The molecular formula is C17H15NOS. The summed E-state index contributed by atoms with van der Waals surface area (Å²) in [6.07, 6.45) is 0. The Bertz CT molecular complexity index is 728. The highest BCUT2D eigenvalue weighted by molar-refractivity contribution is 7.10. The van der Waals surface area contributed by atoms with E-state index in [4.69, 9.17) is 0 Å². The summed E-state index contributed by atoms with van der Waals surface area (Å²) in [5.74, 6) is -0.0253. The Morgan fingerprint density at radius 3 is 2.65 bits per heavy atom. The van der Waals surface area contributed by atoms with E-state index < -0.39 is 0 Å². The molecule has 3 aromatic rings. The van der Waals surface area contributed by atoms with E-state index in [1.165, 1.54) is 4.88 Å². The molecule has 0 aliphatic rings. The van der Waals surface area contributed by atoms with Crippen molar-refractivity contribution in [2.75, 3.05) is 0 Å². The van der Waals surface area contributed by atoms with Crippen molar-refractivity contribution in [2.24, 2.45) is 0 Å². The quantitative estimate of drug-likeness (QED) is 0.758. The standard InChI is InChI=1S/C17H15NOS/c1-12(16-10-5-11-20-16)18-17(19)15-9-4-7-13-6-2-3-8-14(13)15/h2-12H,1H3,(H,18,19). The van der Waals surface area contributed by atoms with Crippen LogP contribution in [-0.2, 0) is 0 Å². The highest BCUT2D eigenvalue weighted by atomic mass is 32.1. The van der Waals surface area contributed by atoms with Crippen molar-refractivity contribution in [1.29, 1.82) is 0 Å². The van der Waals surface area contributed by atoms with Gasteiger partial charge in [-0.05, 0) is 35.2 Å². The Balaban J connectivity index is 1.89. The molecule has 0 saturated heterocycles. The van der Waals surface area contributed by atoms with Crippen LogP contribution in [0.25, 0.3) is 10.8 Å². The van der Waals surface area contributed by atoms with Crippen LogP contribution < -0.4 is 5.32 Å². The van der Waals surface area contributed by atoms with Crippen LogP contribution in [0.15, 0.2) is 60.0 Å². The van der Waals surface area contributed by atoms with Gasteiger partial charge in [-0.1, -0.05) is 42.5 Å². The predicted molar refractivity (Wildman–Crippen MR) is 84.1 cm³/mol. The normalized spacial score (nSPS) is 12.2. The van der Waals surface area contributed by atoms with Crippen molar-refractivity contribution in [3.8, 4) is 0 Å². The maximum absolute atomic E-state index is 12.5. The summed E-state index contributed by atoms with van der Waals surface area (Å²) in [7, 11) is 0. The van der Waals surface area contributed by atoms with Crippen molar-refractivity contribution in [1.82, 2.24) is 5.32 Å². The van der Waals surface area contributed by atoms with Crippen LogP contribution in [0.5, 0.6) is 0 Å². The minimum Gasteiger partial charge on any atom is -0.345 e. The summed E-state index contributed by atoms with van der Waals surface area (Å²) >= 11 is 1.66. The minimum atomic E-state index is -0.0253. The molecule has 1 N–H and O–H groups in total. The monoisotopic (exact) mass is 281 g/mol. The molecule has 1 atom stereocenters. The second-order valence-electron chi connectivity index (χ2n) is 4.74. The van der Waals surface area contributed by atoms with Crippen LogP contribution in [0.4, 0.5) is 0 Å². The van der Waals surface area contributed by atoms with Crippen molar-refractivity contribution >= 4 is 28.0 Å². The van der Waals surface area contributed by atoms with Crippen LogP contribution in [-0.4, -0.2) is 5.91 Å². The van der Waals surface area contributed by atoms with Gasteiger partial charge in [0.1, 0.15) is 0 Å². The van der Waals surface area contributed by atoms with E-state index in [-0.39, 0.29) is 11.9 Å².